The molecule has 0 aromatic heterocycles. The molecule has 0 bridgehead atoms. The average Bonchev–Trinajstić information content (AvgIpc) is 2.93. The highest BCUT2D eigenvalue weighted by Gasteiger charge is 2.44. The van der Waals surface area contributed by atoms with Gasteiger partial charge in [0, 0.05) is 11.6 Å². The largest absolute Gasteiger partial charge is 0.508 e. The molecule has 1 saturated heterocycles. The van der Waals surface area contributed by atoms with Crippen LogP contribution in [0.1, 0.15) is 40.8 Å². The van der Waals surface area contributed by atoms with Gasteiger partial charge in [-0.05, 0) is 61.1 Å². The van der Waals surface area contributed by atoms with Crippen LogP contribution in [0.5, 0.6) is 5.75 Å². The topological polar surface area (TPSA) is 212 Å². The maximum absolute atomic E-state index is 12.2. The van der Waals surface area contributed by atoms with E-state index < -0.39 is 68.5 Å². The molecule has 1 unspecified atom stereocenters. The summed E-state index contributed by atoms with van der Waals surface area (Å²) in [5.74, 6) is -0.138. The van der Waals surface area contributed by atoms with Crippen LogP contribution in [0.4, 0.5) is 4.79 Å². The summed E-state index contributed by atoms with van der Waals surface area (Å²) in [4.78, 5) is 12.2. The van der Waals surface area contributed by atoms with Crippen molar-refractivity contribution >= 4 is 6.03 Å². The van der Waals surface area contributed by atoms with E-state index in [1.54, 1.807) is 13.0 Å². The summed E-state index contributed by atoms with van der Waals surface area (Å²) < 4.78 is 5.63. The highest BCUT2D eigenvalue weighted by molar-refractivity contribution is 5.75. The molecular formula is C28H40N2O10. The summed E-state index contributed by atoms with van der Waals surface area (Å²) in [5, 5.41) is 84.1. The number of urea groups is 1. The molecule has 0 radical (unpaired) electrons. The number of phenols is 1. The van der Waals surface area contributed by atoms with Crippen LogP contribution in [-0.4, -0.2) is 109 Å². The van der Waals surface area contributed by atoms with Crippen LogP contribution in [0.3, 0.4) is 0 Å². The Kier molecular flexibility index (Phi) is 10.9. The number of rotatable bonds is 11. The van der Waals surface area contributed by atoms with E-state index >= 15 is 0 Å². The van der Waals surface area contributed by atoms with Gasteiger partial charge in [0.1, 0.15) is 41.8 Å². The second-order valence-corrected chi connectivity index (χ2v) is 10.5. The van der Waals surface area contributed by atoms with Crippen molar-refractivity contribution in [2.45, 2.75) is 68.8 Å². The molecule has 6 atom stereocenters. The number of nitrogens with one attached hydrogen (secondary N) is 2. The number of aromatic hydroxyl groups is 1. The van der Waals surface area contributed by atoms with Crippen molar-refractivity contribution in [2.24, 2.45) is 0 Å². The molecule has 10 N–H and O–H groups in total. The van der Waals surface area contributed by atoms with Gasteiger partial charge in [-0.3, -0.25) is 0 Å². The highest BCUT2D eigenvalue weighted by Crippen LogP contribution is 2.38. The van der Waals surface area contributed by atoms with E-state index in [1.165, 1.54) is 6.07 Å². The minimum Gasteiger partial charge on any atom is -0.508 e. The molecule has 222 valence electrons. The minimum atomic E-state index is -1.56. The molecule has 2 amide bonds. The molecule has 1 fully saturated rings. The maximum atomic E-state index is 12.2. The van der Waals surface area contributed by atoms with E-state index in [4.69, 9.17) is 4.74 Å². The number of carbonyl (C=O) groups is 1. The lowest BCUT2D eigenvalue weighted by molar-refractivity contribution is -0.232. The van der Waals surface area contributed by atoms with Gasteiger partial charge < -0.3 is 56.2 Å². The Bertz CT molecular complexity index is 1110. The first kappa shape index (κ1) is 31.7. The van der Waals surface area contributed by atoms with Crippen LogP contribution in [0.2, 0.25) is 0 Å². The number of aliphatic hydroxyl groups excluding tert-OH is 7. The fourth-order valence-corrected chi connectivity index (χ4v) is 4.72. The van der Waals surface area contributed by atoms with Crippen molar-refractivity contribution in [1.82, 2.24) is 10.6 Å². The lowest BCUT2D eigenvalue weighted by Crippen LogP contribution is -2.60. The van der Waals surface area contributed by atoms with Gasteiger partial charge in [0.15, 0.2) is 0 Å². The first-order chi connectivity index (χ1) is 19.0. The monoisotopic (exact) mass is 564 g/mol. The summed E-state index contributed by atoms with van der Waals surface area (Å²) in [6, 6.07) is 9.99. The van der Waals surface area contributed by atoms with Crippen LogP contribution in [0, 0.1) is 6.92 Å². The molecule has 1 aliphatic rings. The third-order valence-corrected chi connectivity index (χ3v) is 7.31. The lowest BCUT2D eigenvalue weighted by Gasteiger charge is -2.40. The molecule has 1 heterocycles. The standard InChI is InChI=1S/C28H40N2O10/c1-15-7-21(35)20(26-25(38)24(37)23(36)22(11-31)40-26)10-19(15)9-18-5-3-17(4-6-18)8-16(2)29-27(39)30-28(12-32,13-33)14-34/h3-7,10,16,22-26,31-38H,8-9,11-14H2,1-2H3,(H2,29,30,39)/t16?,22-,23-,24+,25-,26+/m1/s1. The molecular weight excluding hydrogens is 524 g/mol. The summed E-state index contributed by atoms with van der Waals surface area (Å²) in [5.41, 5.74) is 2.25. The van der Waals surface area contributed by atoms with E-state index in [1.807, 2.05) is 31.2 Å². The number of phenolic OH excluding ortho intramolecular Hbond substituents is 1. The number of carbonyl (C=O) groups excluding carboxylic acids is 1. The van der Waals surface area contributed by atoms with Gasteiger partial charge in [0.2, 0.25) is 0 Å². The summed E-state index contributed by atoms with van der Waals surface area (Å²) in [6.45, 7) is 1.21. The molecule has 2 aromatic carbocycles. The Hall–Kier alpha value is -2.81. The molecule has 2 aromatic rings. The summed E-state index contributed by atoms with van der Waals surface area (Å²) in [6.07, 6.45) is -5.83. The van der Waals surface area contributed by atoms with Gasteiger partial charge in [-0.1, -0.05) is 24.3 Å². The van der Waals surface area contributed by atoms with Crippen molar-refractivity contribution in [1.29, 1.82) is 0 Å². The molecule has 0 saturated carbocycles. The SMILES string of the molecule is Cc1cc(O)c([C@@H]2O[C@H](CO)[C@@H](O)[C@H](O)[C@H]2O)cc1Cc1ccc(CC(C)NC(=O)NC(CO)(CO)CO)cc1. The van der Waals surface area contributed by atoms with Crippen molar-refractivity contribution in [3.63, 3.8) is 0 Å². The molecule has 0 spiro atoms. The summed E-state index contributed by atoms with van der Waals surface area (Å²) >= 11 is 0. The Labute approximate surface area is 232 Å². The van der Waals surface area contributed by atoms with Gasteiger partial charge in [-0.2, -0.15) is 0 Å². The second-order valence-electron chi connectivity index (χ2n) is 10.5. The zero-order valence-electron chi connectivity index (χ0n) is 22.6. The Balaban J connectivity index is 1.68. The van der Waals surface area contributed by atoms with Gasteiger partial charge in [0.25, 0.3) is 0 Å². The van der Waals surface area contributed by atoms with Crippen molar-refractivity contribution in [2.75, 3.05) is 26.4 Å². The van der Waals surface area contributed by atoms with Gasteiger partial charge >= 0.3 is 6.03 Å². The van der Waals surface area contributed by atoms with Crippen molar-refractivity contribution in [3.8, 4) is 5.75 Å². The minimum absolute atomic E-state index is 0.138. The van der Waals surface area contributed by atoms with E-state index in [0.29, 0.717) is 12.8 Å². The average molecular weight is 565 g/mol. The molecule has 40 heavy (non-hydrogen) atoms. The maximum Gasteiger partial charge on any atom is 0.315 e. The quantitative estimate of drug-likeness (QED) is 0.157. The smallest absolute Gasteiger partial charge is 0.315 e. The zero-order chi connectivity index (χ0) is 29.6. The third-order valence-electron chi connectivity index (χ3n) is 7.31. The number of ether oxygens (including phenoxy) is 1. The number of hydrogen-bond donors (Lipinski definition) is 10. The van der Waals surface area contributed by atoms with E-state index in [9.17, 15) is 45.6 Å². The zero-order valence-corrected chi connectivity index (χ0v) is 22.6. The lowest BCUT2D eigenvalue weighted by atomic mass is 9.88. The number of aliphatic hydroxyl groups is 7. The Morgan fingerprint density at radius 1 is 0.950 bits per heavy atom. The predicted octanol–water partition coefficient (Wildman–Crippen LogP) is -1.25. The fraction of sp³-hybridized carbons (Fsp3) is 0.536. The number of amides is 2. The van der Waals surface area contributed by atoms with E-state index in [2.05, 4.69) is 10.6 Å². The van der Waals surface area contributed by atoms with E-state index in [-0.39, 0.29) is 17.4 Å². The first-order valence-electron chi connectivity index (χ1n) is 13.1. The van der Waals surface area contributed by atoms with Crippen LogP contribution < -0.4 is 10.6 Å². The van der Waals surface area contributed by atoms with Gasteiger partial charge in [0.05, 0.1) is 26.4 Å². The molecule has 12 heteroatoms. The van der Waals surface area contributed by atoms with Crippen LogP contribution >= 0.6 is 0 Å². The Morgan fingerprint density at radius 2 is 1.55 bits per heavy atom. The third kappa shape index (κ3) is 7.28. The van der Waals surface area contributed by atoms with Gasteiger partial charge in [-0.25, -0.2) is 4.79 Å². The molecule has 0 aliphatic carbocycles. The highest BCUT2D eigenvalue weighted by atomic mass is 16.5. The molecule has 12 nitrogen and oxygen atoms in total. The van der Waals surface area contributed by atoms with Gasteiger partial charge in [-0.15, -0.1) is 0 Å². The van der Waals surface area contributed by atoms with Crippen LogP contribution in [0.15, 0.2) is 36.4 Å². The number of benzene rings is 2. The van der Waals surface area contributed by atoms with Crippen LogP contribution in [-0.2, 0) is 17.6 Å². The van der Waals surface area contributed by atoms with E-state index in [0.717, 1.165) is 22.3 Å². The predicted molar refractivity (Wildman–Crippen MR) is 144 cm³/mol. The number of aryl methyl sites for hydroxylation is 1. The summed E-state index contributed by atoms with van der Waals surface area (Å²) in [7, 11) is 0. The number of hydrogen-bond acceptors (Lipinski definition) is 10. The first-order valence-corrected chi connectivity index (χ1v) is 13.1. The molecule has 1 aliphatic heterocycles. The fourth-order valence-electron chi connectivity index (χ4n) is 4.72. The van der Waals surface area contributed by atoms with Crippen molar-refractivity contribution in [3.05, 3.63) is 64.2 Å². The molecule has 3 rings (SSSR count). The van der Waals surface area contributed by atoms with Crippen molar-refractivity contribution < 1.29 is 50.4 Å². The normalized spacial score (nSPS) is 24.0. The second kappa shape index (κ2) is 13.7. The van der Waals surface area contributed by atoms with Crippen LogP contribution in [0.25, 0.3) is 0 Å². The Morgan fingerprint density at radius 3 is 2.12 bits per heavy atom.